The van der Waals surface area contributed by atoms with Gasteiger partial charge in [0.1, 0.15) is 12.2 Å². The normalized spacial score (nSPS) is 28.0. The Morgan fingerprint density at radius 2 is 2.00 bits per heavy atom. The predicted molar refractivity (Wildman–Crippen MR) is 145 cm³/mol. The largest absolute Gasteiger partial charge is 0.388 e. The number of aromatic nitrogens is 2. The van der Waals surface area contributed by atoms with Crippen LogP contribution in [0.3, 0.4) is 0 Å². The summed E-state index contributed by atoms with van der Waals surface area (Å²) in [6.45, 7) is 5.92. The number of nitrogens with zero attached hydrogens (tertiary/aromatic N) is 3. The Morgan fingerprint density at radius 1 is 1.21 bits per heavy atom. The Kier molecular flexibility index (Phi) is 7.05. The monoisotopic (exact) mass is 521 g/mol. The summed E-state index contributed by atoms with van der Waals surface area (Å²) < 4.78 is 1.68. The molecule has 0 radical (unpaired) electrons. The molecule has 2 bridgehead atoms. The van der Waals surface area contributed by atoms with Gasteiger partial charge in [0.2, 0.25) is 11.8 Å². The molecule has 1 saturated carbocycles. The Hall–Kier alpha value is -3.23. The van der Waals surface area contributed by atoms with Crippen molar-refractivity contribution in [2.45, 2.75) is 90.8 Å². The topological polar surface area (TPSA) is 113 Å². The first kappa shape index (κ1) is 26.4. The minimum atomic E-state index is -0.481. The molecule has 0 unspecified atom stereocenters. The minimum Gasteiger partial charge on any atom is -0.388 e. The minimum absolute atomic E-state index is 0.0286. The molecule has 1 saturated heterocycles. The zero-order valence-corrected chi connectivity index (χ0v) is 22.9. The van der Waals surface area contributed by atoms with Gasteiger partial charge in [-0.1, -0.05) is 26.7 Å². The summed E-state index contributed by atoms with van der Waals surface area (Å²) in [4.78, 5) is 53.9. The molecule has 1 aromatic heterocycles. The van der Waals surface area contributed by atoms with Crippen LogP contribution in [0.15, 0.2) is 12.1 Å². The van der Waals surface area contributed by atoms with Crippen LogP contribution in [-0.4, -0.2) is 63.7 Å². The number of nitrogens with one attached hydrogen (secondary N) is 2. The lowest BCUT2D eigenvalue weighted by Crippen LogP contribution is -2.44. The van der Waals surface area contributed by atoms with E-state index < -0.39 is 6.04 Å². The number of rotatable bonds is 4. The molecule has 38 heavy (non-hydrogen) atoms. The fraction of sp³-hybridized carbons (Fsp3) is 0.621. The number of carbonyl (C=O) groups excluding carboxylic acids is 4. The van der Waals surface area contributed by atoms with Gasteiger partial charge in [-0.15, -0.1) is 0 Å². The van der Waals surface area contributed by atoms with E-state index in [1.54, 1.807) is 9.58 Å². The van der Waals surface area contributed by atoms with E-state index in [2.05, 4.69) is 28.7 Å². The first-order valence-corrected chi connectivity index (χ1v) is 14.0. The highest BCUT2D eigenvalue weighted by atomic mass is 16.2. The van der Waals surface area contributed by atoms with Crippen molar-refractivity contribution in [2.24, 2.45) is 11.3 Å². The van der Waals surface area contributed by atoms with Crippen LogP contribution in [0, 0.1) is 11.3 Å². The summed E-state index contributed by atoms with van der Waals surface area (Å²) in [5, 5.41) is 11.7. The van der Waals surface area contributed by atoms with Crippen molar-refractivity contribution in [1.82, 2.24) is 20.0 Å². The summed E-state index contributed by atoms with van der Waals surface area (Å²) in [6.07, 6.45) is 5.84. The van der Waals surface area contributed by atoms with Crippen LogP contribution in [0.2, 0.25) is 0 Å². The van der Waals surface area contributed by atoms with E-state index in [9.17, 15) is 19.2 Å². The Balaban J connectivity index is 1.57. The highest BCUT2D eigenvalue weighted by Crippen LogP contribution is 2.59. The van der Waals surface area contributed by atoms with Crippen LogP contribution in [0.25, 0.3) is 10.9 Å². The molecule has 2 N–H and O–H groups in total. The van der Waals surface area contributed by atoms with Crippen LogP contribution in [0.1, 0.15) is 81.8 Å². The lowest BCUT2D eigenvalue weighted by molar-refractivity contribution is -0.139. The lowest BCUT2D eigenvalue weighted by atomic mass is 9.95. The van der Waals surface area contributed by atoms with E-state index in [-0.39, 0.29) is 47.3 Å². The number of benzene rings is 1. The molecule has 3 heterocycles. The number of carbonyl (C=O) groups is 4. The lowest BCUT2D eigenvalue weighted by Gasteiger charge is -2.26. The second-order valence-corrected chi connectivity index (χ2v) is 11.6. The maximum atomic E-state index is 13.9. The molecule has 0 spiro atoms. The number of Topliss-reactive ketones (excluding diaryl/α,β-unsaturated/α-hetero) is 2. The zero-order valence-electron chi connectivity index (χ0n) is 22.9. The fourth-order valence-electron chi connectivity index (χ4n) is 6.65. The van der Waals surface area contributed by atoms with Crippen LogP contribution >= 0.6 is 0 Å². The molecule has 9 nitrogen and oxygen atoms in total. The highest BCUT2D eigenvalue weighted by Gasteiger charge is 2.66. The smallest absolute Gasteiger partial charge is 0.245 e. The Morgan fingerprint density at radius 3 is 2.71 bits per heavy atom. The van der Waals surface area contributed by atoms with Crippen molar-refractivity contribution in [3.8, 4) is 0 Å². The Bertz CT molecular complexity index is 1300. The van der Waals surface area contributed by atoms with Gasteiger partial charge < -0.3 is 15.5 Å². The number of piperidine rings is 1. The maximum absolute atomic E-state index is 13.9. The van der Waals surface area contributed by atoms with Gasteiger partial charge in [0.15, 0.2) is 11.6 Å². The quantitative estimate of drug-likeness (QED) is 0.596. The van der Waals surface area contributed by atoms with Gasteiger partial charge in [-0.3, -0.25) is 23.9 Å². The number of hydrogen-bond donors (Lipinski definition) is 2. The van der Waals surface area contributed by atoms with Crippen molar-refractivity contribution in [3.63, 3.8) is 0 Å². The van der Waals surface area contributed by atoms with Gasteiger partial charge in [-0.25, -0.2) is 0 Å². The van der Waals surface area contributed by atoms with Crippen LogP contribution in [0.5, 0.6) is 0 Å². The Labute approximate surface area is 223 Å². The molecule has 2 aromatic rings. The molecule has 2 aliphatic heterocycles. The average Bonchev–Trinajstić information content (AvgIpc) is 3.30. The molecule has 4 atom stereocenters. The van der Waals surface area contributed by atoms with Crippen molar-refractivity contribution >= 4 is 40.0 Å². The molecule has 1 aliphatic carbocycles. The summed E-state index contributed by atoms with van der Waals surface area (Å²) >= 11 is 0. The molecule has 2 fully saturated rings. The second-order valence-electron chi connectivity index (χ2n) is 11.6. The number of ketones is 2. The third kappa shape index (κ3) is 4.71. The first-order chi connectivity index (χ1) is 18.2. The van der Waals surface area contributed by atoms with E-state index in [1.807, 2.05) is 20.0 Å². The van der Waals surface area contributed by atoms with Crippen molar-refractivity contribution < 1.29 is 19.2 Å². The van der Waals surface area contributed by atoms with Crippen LogP contribution in [0.4, 0.5) is 5.69 Å². The van der Waals surface area contributed by atoms with Crippen LogP contribution in [-0.2, 0) is 27.3 Å². The van der Waals surface area contributed by atoms with Crippen LogP contribution < -0.4 is 10.6 Å². The molecule has 3 aliphatic rings. The molecular formula is C29H39N5O4. The van der Waals surface area contributed by atoms with Crippen molar-refractivity contribution in [2.75, 3.05) is 18.9 Å². The third-order valence-electron chi connectivity index (χ3n) is 8.82. The number of amides is 2. The second kappa shape index (κ2) is 10.2. The molecule has 9 heteroatoms. The fourth-order valence-corrected chi connectivity index (χ4v) is 6.65. The maximum Gasteiger partial charge on any atom is 0.245 e. The zero-order chi connectivity index (χ0) is 27.2. The summed E-state index contributed by atoms with van der Waals surface area (Å²) in [7, 11) is 1.85. The van der Waals surface area contributed by atoms with E-state index >= 15 is 0 Å². The van der Waals surface area contributed by atoms with Gasteiger partial charge in [-0.05, 0) is 49.3 Å². The van der Waals surface area contributed by atoms with E-state index in [0.717, 1.165) is 54.3 Å². The van der Waals surface area contributed by atoms with E-state index in [0.29, 0.717) is 31.5 Å². The highest BCUT2D eigenvalue weighted by molar-refractivity contribution is 6.06. The first-order valence-electron chi connectivity index (χ1n) is 14.0. The van der Waals surface area contributed by atoms with Gasteiger partial charge in [0.25, 0.3) is 0 Å². The molecule has 5 rings (SSSR count). The molecule has 1 aromatic carbocycles. The number of hydrogen-bond acceptors (Lipinski definition) is 6. The summed E-state index contributed by atoms with van der Waals surface area (Å²) in [5.74, 6) is 0.0635. The summed E-state index contributed by atoms with van der Waals surface area (Å²) in [6, 6.07) is 3.46. The van der Waals surface area contributed by atoms with Crippen molar-refractivity contribution in [3.05, 3.63) is 23.4 Å². The van der Waals surface area contributed by atoms with E-state index in [4.69, 9.17) is 0 Å². The molecule has 204 valence electrons. The molecular weight excluding hydrogens is 482 g/mol. The summed E-state index contributed by atoms with van der Waals surface area (Å²) in [5.41, 5.74) is 2.88. The number of anilines is 1. The standard InChI is InChI=1S/C29H39N5O4/c1-5-23(36)22-13-29-14-24(29)34(22)26(38)15-33-28-19(9-7-6-8-17(2)10-25(37)31-16-29)11-20(30-4)12-21(28)27(32-33)18(3)35/h11-12,17,22,24,30H,5-10,13-16H2,1-4H3,(H,31,37)/t17-,22+,24-,29+/m1/s1. The predicted octanol–water partition coefficient (Wildman–Crippen LogP) is 3.49. The SMILES string of the molecule is CCC(=O)[C@@H]1C[C@]23CNC(=O)C[C@H](C)CCCCc4cc(NC)cc5c(C(C)=O)nn(c45)CC(=O)N1[C@@H]2C3. The van der Waals surface area contributed by atoms with Gasteiger partial charge in [0.05, 0.1) is 11.6 Å². The van der Waals surface area contributed by atoms with Crippen molar-refractivity contribution in [1.29, 1.82) is 0 Å². The molecule has 2 amide bonds. The van der Waals surface area contributed by atoms with Gasteiger partial charge in [-0.2, -0.15) is 5.10 Å². The van der Waals surface area contributed by atoms with E-state index in [1.165, 1.54) is 6.92 Å². The third-order valence-corrected chi connectivity index (χ3v) is 8.82. The van der Waals surface area contributed by atoms with Gasteiger partial charge in [0, 0.05) is 55.9 Å². The number of aryl methyl sites for hydroxylation is 1. The average molecular weight is 522 g/mol. The van der Waals surface area contributed by atoms with Gasteiger partial charge >= 0.3 is 0 Å².